The number of benzene rings is 4. The van der Waals surface area contributed by atoms with E-state index in [9.17, 15) is 20.0 Å². The third-order valence-corrected chi connectivity index (χ3v) is 7.69. The van der Waals surface area contributed by atoms with E-state index in [-0.39, 0.29) is 18.0 Å². The Morgan fingerprint density at radius 3 is 2.44 bits per heavy atom. The minimum Gasteiger partial charge on any atom is -0.478 e. The van der Waals surface area contributed by atoms with Crippen molar-refractivity contribution in [3.05, 3.63) is 130 Å². The summed E-state index contributed by atoms with van der Waals surface area (Å²) in [5.74, 6) is -1.22. The van der Waals surface area contributed by atoms with E-state index >= 15 is 0 Å². The van der Waals surface area contributed by atoms with Crippen molar-refractivity contribution in [2.24, 2.45) is 0 Å². The summed E-state index contributed by atoms with van der Waals surface area (Å²) in [6.07, 6.45) is 4.96. The molecule has 0 radical (unpaired) electrons. The summed E-state index contributed by atoms with van der Waals surface area (Å²) in [6, 6.07) is 28.3. The van der Waals surface area contributed by atoms with Crippen molar-refractivity contribution in [1.29, 1.82) is 5.26 Å². The molecule has 0 saturated heterocycles. The number of nitrogens with zero attached hydrogens (tertiary/aromatic N) is 2. The van der Waals surface area contributed by atoms with Crippen LogP contribution in [0, 0.1) is 11.3 Å². The van der Waals surface area contributed by atoms with Gasteiger partial charge in [-0.3, -0.25) is 4.79 Å². The van der Waals surface area contributed by atoms with Gasteiger partial charge in [-0.1, -0.05) is 48.0 Å². The third kappa shape index (κ3) is 5.58. The number of carboxylic acids is 1. The van der Waals surface area contributed by atoms with Crippen molar-refractivity contribution in [3.8, 4) is 17.2 Å². The van der Waals surface area contributed by atoms with E-state index in [0.717, 1.165) is 51.6 Å². The van der Waals surface area contributed by atoms with Crippen molar-refractivity contribution < 1.29 is 14.7 Å². The maximum absolute atomic E-state index is 13.9. The van der Waals surface area contributed by atoms with Gasteiger partial charge in [-0.2, -0.15) is 5.26 Å². The number of rotatable bonds is 8. The SMILES string of the molecule is N#Cc1cccc(-c2cc(C(=O)NCc3ccc(C(=O)O)cc3)c3c(Cc4cccc(Cl)c4)cn(C4CC4)c3c2)c1. The Bertz CT molecular complexity index is 1850. The topological polar surface area (TPSA) is 95.1 Å². The molecule has 1 heterocycles. The van der Waals surface area contributed by atoms with Crippen molar-refractivity contribution in [3.63, 3.8) is 0 Å². The highest BCUT2D eigenvalue weighted by atomic mass is 35.5. The molecule has 0 spiro atoms. The number of nitriles is 1. The standard InChI is InChI=1S/C34H26ClN3O3/c35-28-6-2-3-22(15-28)13-27-20-38(29-11-12-29)31-17-26(25-5-1-4-23(14-25)18-36)16-30(32(27)31)33(39)37-19-21-7-9-24(10-8-21)34(40)41/h1-10,14-17,20,29H,11-13,19H2,(H,37,39)(H,40,41). The quantitative estimate of drug-likeness (QED) is 0.207. The van der Waals surface area contributed by atoms with Crippen LogP contribution in [0.1, 0.15) is 61.9 Å². The third-order valence-electron chi connectivity index (χ3n) is 7.46. The van der Waals surface area contributed by atoms with Crippen LogP contribution in [0.3, 0.4) is 0 Å². The molecule has 1 aliphatic rings. The normalized spacial score (nSPS) is 12.7. The van der Waals surface area contributed by atoms with Crippen molar-refractivity contribution in [1.82, 2.24) is 9.88 Å². The molecule has 7 heteroatoms. The Hall–Kier alpha value is -4.86. The zero-order valence-corrected chi connectivity index (χ0v) is 22.9. The maximum Gasteiger partial charge on any atom is 0.335 e. The van der Waals surface area contributed by atoms with Crippen LogP contribution in [-0.4, -0.2) is 21.6 Å². The first-order valence-corrected chi connectivity index (χ1v) is 13.8. The fourth-order valence-electron chi connectivity index (χ4n) is 5.28. The Morgan fingerprint density at radius 2 is 1.73 bits per heavy atom. The van der Waals surface area contributed by atoms with E-state index in [1.807, 2.05) is 48.5 Å². The molecule has 0 bridgehead atoms. The molecule has 1 aliphatic carbocycles. The molecule has 1 fully saturated rings. The number of amides is 1. The predicted molar refractivity (Wildman–Crippen MR) is 159 cm³/mol. The summed E-state index contributed by atoms with van der Waals surface area (Å²) in [5, 5.41) is 23.3. The Balaban J connectivity index is 1.45. The van der Waals surface area contributed by atoms with Crippen LogP contribution in [0.5, 0.6) is 0 Å². The second-order valence-electron chi connectivity index (χ2n) is 10.4. The number of fused-ring (bicyclic) bond motifs is 1. The number of halogens is 1. The Morgan fingerprint density at radius 1 is 0.951 bits per heavy atom. The number of hydrogen-bond acceptors (Lipinski definition) is 3. The minimum atomic E-state index is -0.993. The summed E-state index contributed by atoms with van der Waals surface area (Å²) < 4.78 is 2.29. The highest BCUT2D eigenvalue weighted by Gasteiger charge is 2.28. The predicted octanol–water partition coefficient (Wildman–Crippen LogP) is 7.39. The lowest BCUT2D eigenvalue weighted by atomic mass is 9.95. The van der Waals surface area contributed by atoms with Crippen LogP contribution in [0.25, 0.3) is 22.0 Å². The van der Waals surface area contributed by atoms with Gasteiger partial charge in [0.2, 0.25) is 0 Å². The number of carbonyl (C=O) groups excluding carboxylic acids is 1. The lowest BCUT2D eigenvalue weighted by Gasteiger charge is -2.13. The van der Waals surface area contributed by atoms with E-state index < -0.39 is 5.97 Å². The van der Waals surface area contributed by atoms with Gasteiger partial charge >= 0.3 is 5.97 Å². The molecule has 0 aliphatic heterocycles. The van der Waals surface area contributed by atoms with E-state index in [2.05, 4.69) is 28.2 Å². The van der Waals surface area contributed by atoms with Crippen LogP contribution in [0.4, 0.5) is 0 Å². The fraction of sp³-hybridized carbons (Fsp3) is 0.147. The summed E-state index contributed by atoms with van der Waals surface area (Å²) >= 11 is 6.29. The van der Waals surface area contributed by atoms with Crippen LogP contribution in [0.2, 0.25) is 5.02 Å². The molecular weight excluding hydrogens is 534 g/mol. The number of aromatic carboxylic acids is 1. The molecule has 5 aromatic rings. The molecule has 0 atom stereocenters. The number of carbonyl (C=O) groups is 2. The van der Waals surface area contributed by atoms with Crippen molar-refractivity contribution in [2.75, 3.05) is 0 Å². The first-order valence-electron chi connectivity index (χ1n) is 13.4. The molecule has 6 rings (SSSR count). The molecular formula is C34H26ClN3O3. The Labute approximate surface area is 242 Å². The van der Waals surface area contributed by atoms with Crippen molar-refractivity contribution in [2.45, 2.75) is 31.8 Å². The van der Waals surface area contributed by atoms with E-state index in [4.69, 9.17) is 11.6 Å². The van der Waals surface area contributed by atoms with E-state index in [0.29, 0.717) is 28.6 Å². The van der Waals surface area contributed by atoms with Gasteiger partial charge in [-0.15, -0.1) is 0 Å². The second-order valence-corrected chi connectivity index (χ2v) is 10.8. The molecule has 1 aromatic heterocycles. The minimum absolute atomic E-state index is 0.196. The van der Waals surface area contributed by atoms with Crippen molar-refractivity contribution >= 4 is 34.4 Å². The van der Waals surface area contributed by atoms with Gasteiger partial charge in [0.25, 0.3) is 5.91 Å². The van der Waals surface area contributed by atoms with Crippen LogP contribution < -0.4 is 5.32 Å². The summed E-state index contributed by atoms with van der Waals surface area (Å²) in [4.78, 5) is 25.1. The van der Waals surface area contributed by atoms with Gasteiger partial charge in [0, 0.05) is 40.3 Å². The molecule has 1 amide bonds. The van der Waals surface area contributed by atoms with Gasteiger partial charge in [-0.05, 0) is 95.6 Å². The van der Waals surface area contributed by atoms with E-state index in [1.165, 1.54) is 12.1 Å². The smallest absolute Gasteiger partial charge is 0.335 e. The zero-order valence-electron chi connectivity index (χ0n) is 22.1. The van der Waals surface area contributed by atoms with Gasteiger partial charge in [-0.25, -0.2) is 4.79 Å². The first-order chi connectivity index (χ1) is 19.9. The first kappa shape index (κ1) is 26.4. The average molecular weight is 560 g/mol. The zero-order chi connectivity index (χ0) is 28.5. The second kappa shape index (κ2) is 11.0. The molecule has 41 heavy (non-hydrogen) atoms. The van der Waals surface area contributed by atoms with E-state index in [1.54, 1.807) is 18.2 Å². The number of nitrogens with one attached hydrogen (secondary N) is 1. The summed E-state index contributed by atoms with van der Waals surface area (Å²) in [5.41, 5.74) is 6.92. The highest BCUT2D eigenvalue weighted by molar-refractivity contribution is 6.30. The molecule has 202 valence electrons. The Kier molecular flexibility index (Phi) is 7.05. The summed E-state index contributed by atoms with van der Waals surface area (Å²) in [7, 11) is 0. The lowest BCUT2D eigenvalue weighted by Crippen LogP contribution is -2.23. The van der Waals surface area contributed by atoms with Gasteiger partial charge in [0.05, 0.1) is 17.2 Å². The number of carboxylic acid groups (broad SMARTS) is 1. The van der Waals surface area contributed by atoms with Gasteiger partial charge in [0.1, 0.15) is 0 Å². The monoisotopic (exact) mass is 559 g/mol. The van der Waals surface area contributed by atoms with Gasteiger partial charge in [0.15, 0.2) is 0 Å². The van der Waals surface area contributed by atoms with Gasteiger partial charge < -0.3 is 15.0 Å². The highest BCUT2D eigenvalue weighted by Crippen LogP contribution is 2.42. The largest absolute Gasteiger partial charge is 0.478 e. The molecule has 2 N–H and O–H groups in total. The van der Waals surface area contributed by atoms with Crippen LogP contribution >= 0.6 is 11.6 Å². The maximum atomic E-state index is 13.9. The van der Waals surface area contributed by atoms with Crippen LogP contribution in [-0.2, 0) is 13.0 Å². The summed E-state index contributed by atoms with van der Waals surface area (Å²) in [6.45, 7) is 0.251. The lowest BCUT2D eigenvalue weighted by molar-refractivity contribution is 0.0696. The number of hydrogen-bond donors (Lipinski definition) is 2. The molecule has 4 aromatic carbocycles. The molecule has 1 saturated carbocycles. The molecule has 6 nitrogen and oxygen atoms in total. The van der Waals surface area contributed by atoms with Crippen LogP contribution in [0.15, 0.2) is 91.1 Å². The number of aromatic nitrogens is 1. The molecule has 0 unspecified atom stereocenters. The average Bonchev–Trinajstić information content (AvgIpc) is 3.77. The fourth-order valence-corrected chi connectivity index (χ4v) is 5.50.